The normalized spacial score (nSPS) is 16.1. The van der Waals surface area contributed by atoms with Crippen LogP contribution in [-0.2, 0) is 11.8 Å². The summed E-state index contributed by atoms with van der Waals surface area (Å²) in [5, 5.41) is 5.29. The van der Waals surface area contributed by atoms with E-state index in [0.29, 0.717) is 12.5 Å². The molecule has 0 aliphatic carbocycles. The number of nitrogens with zero attached hydrogens (tertiary/aromatic N) is 5. The summed E-state index contributed by atoms with van der Waals surface area (Å²) in [5.74, 6) is 0.647. The molecule has 2 heterocycles. The van der Waals surface area contributed by atoms with Gasteiger partial charge >= 0.3 is 0 Å². The molecule has 2 aromatic rings. The number of benzene rings is 1. The van der Waals surface area contributed by atoms with E-state index in [-0.39, 0.29) is 0 Å². The molecule has 6 nitrogen and oxygen atoms in total. The zero-order valence-electron chi connectivity index (χ0n) is 20.1. The second-order valence-corrected chi connectivity index (χ2v) is 8.82. The lowest BCUT2D eigenvalue weighted by atomic mass is 10.2. The molecule has 1 aromatic carbocycles. The molecule has 0 saturated carbocycles. The summed E-state index contributed by atoms with van der Waals surface area (Å²) in [6.07, 6.45) is 8.72. The molecule has 33 heavy (non-hydrogen) atoms. The molecule has 0 atom stereocenters. The number of ether oxygens (including phenoxy) is 1. The van der Waals surface area contributed by atoms with E-state index in [1.807, 2.05) is 32.3 Å². The van der Waals surface area contributed by atoms with Crippen LogP contribution < -0.4 is 4.90 Å². The second-order valence-electron chi connectivity index (χ2n) is 8.44. The van der Waals surface area contributed by atoms with E-state index in [2.05, 4.69) is 51.6 Å². The standard InChI is InChI=1S/C26H36ClN5O/c1-5-10-23(24-13-17-30(4)29-24)28-22(3)33-20-7-6-14-31-15-9-16-32(19-18-31)25-12-8-11-21(2)26(25)27/h5,8,10-13,17H,1,6-7,9,14-16,18-20H2,2-4H3/b23-10-,28-22?. The Morgan fingerprint density at radius 1 is 1.21 bits per heavy atom. The SMILES string of the molecule is C=C/C=C(\N=C(C)OCCCCN1CCCN(c2cccc(C)c2Cl)CC1)c1ccn(C)n1. The van der Waals surface area contributed by atoms with Crippen molar-refractivity contribution in [2.75, 3.05) is 44.2 Å². The predicted molar refractivity (Wildman–Crippen MR) is 139 cm³/mol. The van der Waals surface area contributed by atoms with Gasteiger partial charge in [-0.05, 0) is 63.0 Å². The van der Waals surface area contributed by atoms with Crippen molar-refractivity contribution in [3.05, 3.63) is 65.5 Å². The number of hydrogen-bond acceptors (Lipinski definition) is 5. The van der Waals surface area contributed by atoms with Crippen molar-refractivity contribution in [3.63, 3.8) is 0 Å². The lowest BCUT2D eigenvalue weighted by Gasteiger charge is -2.25. The monoisotopic (exact) mass is 469 g/mol. The first-order chi connectivity index (χ1) is 16.0. The minimum Gasteiger partial charge on any atom is -0.481 e. The van der Waals surface area contributed by atoms with Crippen LogP contribution in [-0.4, -0.2) is 59.9 Å². The van der Waals surface area contributed by atoms with Crippen LogP contribution in [0.1, 0.15) is 37.4 Å². The number of rotatable bonds is 9. The molecule has 1 aliphatic rings. The number of unbranched alkanes of at least 4 members (excludes halogenated alkanes) is 1. The van der Waals surface area contributed by atoms with Gasteiger partial charge in [-0.1, -0.05) is 36.4 Å². The van der Waals surface area contributed by atoms with E-state index in [9.17, 15) is 0 Å². The Balaban J connectivity index is 1.40. The summed E-state index contributed by atoms with van der Waals surface area (Å²) < 4.78 is 7.62. The van der Waals surface area contributed by atoms with Gasteiger partial charge in [-0.3, -0.25) is 4.68 Å². The Morgan fingerprint density at radius 3 is 2.82 bits per heavy atom. The molecule has 0 N–H and O–H groups in total. The van der Waals surface area contributed by atoms with Crippen molar-refractivity contribution < 1.29 is 4.74 Å². The molecule has 3 rings (SSSR count). The summed E-state index contributed by atoms with van der Waals surface area (Å²) in [6.45, 7) is 13.7. The molecule has 0 spiro atoms. The zero-order chi connectivity index (χ0) is 23.6. The molecule has 1 aromatic heterocycles. The first-order valence-electron chi connectivity index (χ1n) is 11.7. The molecule has 0 radical (unpaired) electrons. The largest absolute Gasteiger partial charge is 0.481 e. The van der Waals surface area contributed by atoms with Crippen molar-refractivity contribution in [1.29, 1.82) is 0 Å². The summed E-state index contributed by atoms with van der Waals surface area (Å²) in [5.41, 5.74) is 3.87. The van der Waals surface area contributed by atoms with E-state index in [0.717, 1.165) is 79.7 Å². The Kier molecular flexibility index (Phi) is 9.58. The highest BCUT2D eigenvalue weighted by Gasteiger charge is 2.17. The third-order valence-electron chi connectivity index (χ3n) is 5.81. The minimum absolute atomic E-state index is 0.647. The fourth-order valence-electron chi connectivity index (χ4n) is 4.01. The third-order valence-corrected chi connectivity index (χ3v) is 6.30. The Labute approximate surface area is 203 Å². The first kappa shape index (κ1) is 25.1. The Morgan fingerprint density at radius 2 is 2.06 bits per heavy atom. The van der Waals surface area contributed by atoms with Gasteiger partial charge in [-0.15, -0.1) is 0 Å². The number of aliphatic imine (C=N–C) groups is 1. The molecule has 0 amide bonds. The molecule has 7 heteroatoms. The van der Waals surface area contributed by atoms with Gasteiger partial charge in [0.05, 0.1) is 23.0 Å². The number of halogens is 1. The molecule has 178 valence electrons. The number of allylic oxidation sites excluding steroid dienone is 2. The average Bonchev–Trinajstić information content (AvgIpc) is 3.09. The van der Waals surface area contributed by atoms with E-state index < -0.39 is 0 Å². The zero-order valence-corrected chi connectivity index (χ0v) is 20.9. The summed E-state index contributed by atoms with van der Waals surface area (Å²) in [6, 6.07) is 8.23. The van der Waals surface area contributed by atoms with Gasteiger partial charge < -0.3 is 14.5 Å². The van der Waals surface area contributed by atoms with E-state index in [1.54, 1.807) is 10.8 Å². The maximum atomic E-state index is 6.55. The van der Waals surface area contributed by atoms with Gasteiger partial charge in [0.25, 0.3) is 0 Å². The molecule has 1 fully saturated rings. The maximum Gasteiger partial charge on any atom is 0.185 e. The lowest BCUT2D eigenvalue weighted by Crippen LogP contribution is -2.31. The quantitative estimate of drug-likeness (QED) is 0.215. The highest BCUT2D eigenvalue weighted by atomic mass is 35.5. The predicted octanol–water partition coefficient (Wildman–Crippen LogP) is 5.34. The molecule has 1 aliphatic heterocycles. The van der Waals surface area contributed by atoms with Gasteiger partial charge in [-0.25, -0.2) is 4.99 Å². The smallest absolute Gasteiger partial charge is 0.185 e. The van der Waals surface area contributed by atoms with Crippen LogP contribution in [0.4, 0.5) is 5.69 Å². The number of anilines is 1. The number of aryl methyl sites for hydroxylation is 2. The fourth-order valence-corrected chi connectivity index (χ4v) is 4.26. The van der Waals surface area contributed by atoms with E-state index in [4.69, 9.17) is 16.3 Å². The number of aromatic nitrogens is 2. The van der Waals surface area contributed by atoms with Gasteiger partial charge in [0.15, 0.2) is 5.90 Å². The minimum atomic E-state index is 0.647. The van der Waals surface area contributed by atoms with Crippen molar-refractivity contribution in [2.24, 2.45) is 12.0 Å². The highest BCUT2D eigenvalue weighted by Crippen LogP contribution is 2.29. The molecular weight excluding hydrogens is 434 g/mol. The third kappa shape index (κ3) is 7.47. The summed E-state index contributed by atoms with van der Waals surface area (Å²) >= 11 is 6.55. The average molecular weight is 470 g/mol. The molecule has 0 bridgehead atoms. The van der Waals surface area contributed by atoms with Crippen LogP contribution in [0.15, 0.2) is 54.2 Å². The van der Waals surface area contributed by atoms with Crippen LogP contribution in [0.2, 0.25) is 5.02 Å². The Hall–Kier alpha value is -2.57. The Bertz CT molecular complexity index is 981. The maximum absolute atomic E-state index is 6.55. The summed E-state index contributed by atoms with van der Waals surface area (Å²) in [7, 11) is 1.89. The van der Waals surface area contributed by atoms with Crippen LogP contribution in [0.3, 0.4) is 0 Å². The van der Waals surface area contributed by atoms with Crippen LogP contribution >= 0.6 is 11.6 Å². The molecular formula is C26H36ClN5O. The first-order valence-corrected chi connectivity index (χ1v) is 12.1. The van der Waals surface area contributed by atoms with Crippen LogP contribution in [0.25, 0.3) is 5.70 Å². The lowest BCUT2D eigenvalue weighted by molar-refractivity contribution is 0.255. The van der Waals surface area contributed by atoms with E-state index >= 15 is 0 Å². The topological polar surface area (TPSA) is 45.9 Å². The van der Waals surface area contributed by atoms with Crippen molar-refractivity contribution in [1.82, 2.24) is 14.7 Å². The van der Waals surface area contributed by atoms with Gasteiger partial charge in [0, 0.05) is 39.8 Å². The van der Waals surface area contributed by atoms with E-state index in [1.165, 1.54) is 0 Å². The fraction of sp³-hybridized carbons (Fsp3) is 0.462. The van der Waals surface area contributed by atoms with Crippen molar-refractivity contribution in [3.8, 4) is 0 Å². The van der Waals surface area contributed by atoms with Gasteiger partial charge in [0.1, 0.15) is 5.69 Å². The molecule has 1 saturated heterocycles. The molecule has 0 unspecified atom stereocenters. The van der Waals surface area contributed by atoms with Crippen LogP contribution in [0.5, 0.6) is 0 Å². The van der Waals surface area contributed by atoms with Gasteiger partial charge in [0.2, 0.25) is 0 Å². The van der Waals surface area contributed by atoms with Crippen LogP contribution in [0, 0.1) is 6.92 Å². The van der Waals surface area contributed by atoms with Gasteiger partial charge in [-0.2, -0.15) is 5.10 Å². The highest BCUT2D eigenvalue weighted by molar-refractivity contribution is 6.34. The van der Waals surface area contributed by atoms with Crippen molar-refractivity contribution >= 4 is 28.9 Å². The second kappa shape index (κ2) is 12.6. The van der Waals surface area contributed by atoms with Crippen molar-refractivity contribution in [2.45, 2.75) is 33.1 Å². The number of hydrogen-bond donors (Lipinski definition) is 0. The summed E-state index contributed by atoms with van der Waals surface area (Å²) in [4.78, 5) is 9.56.